The molecule has 14 heavy (non-hydrogen) atoms. The third-order valence-electron chi connectivity index (χ3n) is 2.86. The molecule has 1 fully saturated rings. The van der Waals surface area contributed by atoms with Crippen molar-refractivity contribution in [1.29, 1.82) is 0 Å². The minimum absolute atomic E-state index is 0.0607. The van der Waals surface area contributed by atoms with Crippen LogP contribution in [0.25, 0.3) is 0 Å². The number of likely N-dealkylation sites (tertiary alicyclic amines) is 1. The van der Waals surface area contributed by atoms with Crippen molar-refractivity contribution in [3.8, 4) is 0 Å². The fourth-order valence-electron chi connectivity index (χ4n) is 1.97. The quantitative estimate of drug-likeness (QED) is 0.794. The number of rotatable bonds is 4. The van der Waals surface area contributed by atoms with Gasteiger partial charge in [0.25, 0.3) is 0 Å². The Labute approximate surface area is 84.9 Å². The largest absolute Gasteiger partial charge is 0.468 e. The van der Waals surface area contributed by atoms with Crippen LogP contribution in [0, 0.1) is 0 Å². The van der Waals surface area contributed by atoms with E-state index >= 15 is 0 Å². The van der Waals surface area contributed by atoms with Crippen LogP contribution in [0.4, 0.5) is 0 Å². The first-order chi connectivity index (χ1) is 6.86. The van der Waals surface area contributed by atoms with Gasteiger partial charge in [0.15, 0.2) is 0 Å². The minimum Gasteiger partial charge on any atom is -0.468 e. The summed E-state index contributed by atoms with van der Waals surface area (Å²) in [6, 6.07) is 3.91. The molecule has 2 heterocycles. The van der Waals surface area contributed by atoms with E-state index in [9.17, 15) is 0 Å². The highest BCUT2D eigenvalue weighted by molar-refractivity contribution is 5.03. The molecular formula is C11H18N2O. The van der Waals surface area contributed by atoms with Crippen molar-refractivity contribution in [2.24, 2.45) is 5.73 Å². The Morgan fingerprint density at radius 1 is 1.43 bits per heavy atom. The normalized spacial score (nSPS) is 20.1. The van der Waals surface area contributed by atoms with Gasteiger partial charge in [-0.15, -0.1) is 0 Å². The molecule has 3 nitrogen and oxygen atoms in total. The van der Waals surface area contributed by atoms with Gasteiger partial charge < -0.3 is 15.1 Å². The van der Waals surface area contributed by atoms with Crippen molar-refractivity contribution >= 4 is 0 Å². The molecule has 78 valence electrons. The van der Waals surface area contributed by atoms with Crippen molar-refractivity contribution in [1.82, 2.24) is 4.90 Å². The maximum Gasteiger partial charge on any atom is 0.120 e. The first kappa shape index (κ1) is 9.74. The molecule has 2 rings (SSSR count). The van der Waals surface area contributed by atoms with Gasteiger partial charge in [0.1, 0.15) is 5.76 Å². The summed E-state index contributed by atoms with van der Waals surface area (Å²) >= 11 is 0. The molecule has 1 saturated heterocycles. The van der Waals surface area contributed by atoms with Crippen LogP contribution >= 0.6 is 0 Å². The molecule has 2 N–H and O–H groups in total. The predicted molar refractivity (Wildman–Crippen MR) is 55.9 cm³/mol. The Bertz CT molecular complexity index is 252. The summed E-state index contributed by atoms with van der Waals surface area (Å²) in [5.74, 6) is 0.907. The Morgan fingerprint density at radius 3 is 2.86 bits per heavy atom. The molecule has 1 unspecified atom stereocenters. The Morgan fingerprint density at radius 2 is 2.21 bits per heavy atom. The highest BCUT2D eigenvalue weighted by Crippen LogP contribution is 2.16. The van der Waals surface area contributed by atoms with Gasteiger partial charge in [-0.05, 0) is 44.5 Å². The van der Waals surface area contributed by atoms with Gasteiger partial charge in [-0.2, -0.15) is 0 Å². The van der Waals surface area contributed by atoms with E-state index in [-0.39, 0.29) is 6.04 Å². The summed E-state index contributed by atoms with van der Waals surface area (Å²) in [5, 5.41) is 0. The molecule has 0 bridgehead atoms. The number of nitrogens with zero attached hydrogens (tertiary/aromatic N) is 1. The van der Waals surface area contributed by atoms with Gasteiger partial charge in [-0.1, -0.05) is 0 Å². The summed E-state index contributed by atoms with van der Waals surface area (Å²) in [4.78, 5) is 2.48. The Hall–Kier alpha value is -0.800. The number of hydrogen-bond donors (Lipinski definition) is 1. The summed E-state index contributed by atoms with van der Waals surface area (Å²) in [6.07, 6.45) is 5.37. The molecule has 3 heteroatoms. The summed E-state index contributed by atoms with van der Waals surface area (Å²) in [5.41, 5.74) is 6.00. The zero-order chi connectivity index (χ0) is 9.80. The fraction of sp³-hybridized carbons (Fsp3) is 0.636. The van der Waals surface area contributed by atoms with E-state index in [0.29, 0.717) is 0 Å². The SMILES string of the molecule is NC(CCN1CCCC1)c1ccco1. The highest BCUT2D eigenvalue weighted by Gasteiger charge is 2.14. The molecule has 0 spiro atoms. The second-order valence-corrected chi connectivity index (χ2v) is 3.96. The van der Waals surface area contributed by atoms with Gasteiger partial charge in [-0.25, -0.2) is 0 Å². The first-order valence-corrected chi connectivity index (χ1v) is 5.37. The van der Waals surface area contributed by atoms with E-state index < -0.39 is 0 Å². The van der Waals surface area contributed by atoms with Gasteiger partial charge in [0, 0.05) is 6.54 Å². The maximum atomic E-state index is 6.00. The highest BCUT2D eigenvalue weighted by atomic mass is 16.3. The molecule has 1 aliphatic heterocycles. The molecule has 0 aromatic carbocycles. The third-order valence-corrected chi connectivity index (χ3v) is 2.86. The van der Waals surface area contributed by atoms with Crippen molar-refractivity contribution in [3.63, 3.8) is 0 Å². The maximum absolute atomic E-state index is 6.00. The van der Waals surface area contributed by atoms with E-state index in [2.05, 4.69) is 4.90 Å². The molecule has 0 saturated carbocycles. The van der Waals surface area contributed by atoms with Crippen molar-refractivity contribution in [2.75, 3.05) is 19.6 Å². The predicted octanol–water partition coefficient (Wildman–Crippen LogP) is 1.77. The summed E-state index contributed by atoms with van der Waals surface area (Å²) in [7, 11) is 0. The second-order valence-electron chi connectivity index (χ2n) is 3.96. The standard InChI is InChI=1S/C11H18N2O/c12-10(11-4-3-9-14-11)5-8-13-6-1-2-7-13/h3-4,9-10H,1-2,5-8,12H2. The average Bonchev–Trinajstić information content (AvgIpc) is 2.87. The van der Waals surface area contributed by atoms with Crippen LogP contribution < -0.4 is 5.73 Å². The lowest BCUT2D eigenvalue weighted by molar-refractivity contribution is 0.312. The molecule has 1 atom stereocenters. The lowest BCUT2D eigenvalue weighted by atomic mass is 10.1. The number of furan rings is 1. The molecule has 1 aromatic rings. The van der Waals surface area contributed by atoms with Crippen molar-refractivity contribution in [3.05, 3.63) is 24.2 Å². The van der Waals surface area contributed by atoms with E-state index in [4.69, 9.17) is 10.2 Å². The van der Waals surface area contributed by atoms with Crippen LogP contribution in [0.2, 0.25) is 0 Å². The van der Waals surface area contributed by atoms with E-state index in [1.165, 1.54) is 25.9 Å². The van der Waals surface area contributed by atoms with Gasteiger partial charge >= 0.3 is 0 Å². The van der Waals surface area contributed by atoms with Crippen LogP contribution in [-0.2, 0) is 0 Å². The van der Waals surface area contributed by atoms with E-state index in [1.807, 2.05) is 12.1 Å². The van der Waals surface area contributed by atoms with Crippen molar-refractivity contribution in [2.45, 2.75) is 25.3 Å². The fourth-order valence-corrected chi connectivity index (χ4v) is 1.97. The van der Waals surface area contributed by atoms with Crippen LogP contribution in [0.3, 0.4) is 0 Å². The first-order valence-electron chi connectivity index (χ1n) is 5.37. The van der Waals surface area contributed by atoms with Crippen LogP contribution in [-0.4, -0.2) is 24.5 Å². The number of hydrogen-bond acceptors (Lipinski definition) is 3. The van der Waals surface area contributed by atoms with Gasteiger partial charge in [-0.3, -0.25) is 0 Å². The Kier molecular flexibility index (Phi) is 3.22. The monoisotopic (exact) mass is 194 g/mol. The smallest absolute Gasteiger partial charge is 0.120 e. The molecule has 1 aliphatic rings. The zero-order valence-corrected chi connectivity index (χ0v) is 8.48. The van der Waals surface area contributed by atoms with Crippen LogP contribution in [0.1, 0.15) is 31.1 Å². The molecular weight excluding hydrogens is 176 g/mol. The molecule has 0 radical (unpaired) electrons. The Balaban J connectivity index is 1.74. The van der Waals surface area contributed by atoms with Crippen molar-refractivity contribution < 1.29 is 4.42 Å². The molecule has 1 aromatic heterocycles. The van der Waals surface area contributed by atoms with Gasteiger partial charge in [0.2, 0.25) is 0 Å². The van der Waals surface area contributed by atoms with Crippen LogP contribution in [0.15, 0.2) is 22.8 Å². The lowest BCUT2D eigenvalue weighted by Crippen LogP contribution is -2.24. The number of nitrogens with two attached hydrogens (primary N) is 1. The minimum atomic E-state index is 0.0607. The zero-order valence-electron chi connectivity index (χ0n) is 8.48. The summed E-state index contributed by atoms with van der Waals surface area (Å²) in [6.45, 7) is 3.58. The third kappa shape index (κ3) is 2.36. The second kappa shape index (κ2) is 4.62. The topological polar surface area (TPSA) is 42.4 Å². The summed E-state index contributed by atoms with van der Waals surface area (Å²) < 4.78 is 5.27. The van der Waals surface area contributed by atoms with E-state index in [0.717, 1.165) is 18.7 Å². The average molecular weight is 194 g/mol. The van der Waals surface area contributed by atoms with Crippen LogP contribution in [0.5, 0.6) is 0 Å². The van der Waals surface area contributed by atoms with E-state index in [1.54, 1.807) is 6.26 Å². The molecule has 0 aliphatic carbocycles. The lowest BCUT2D eigenvalue weighted by Gasteiger charge is -2.16. The van der Waals surface area contributed by atoms with Gasteiger partial charge in [0.05, 0.1) is 12.3 Å². The molecule has 0 amide bonds.